The molecule has 1 heterocycles. The lowest BCUT2D eigenvalue weighted by Crippen LogP contribution is -2.42. The van der Waals surface area contributed by atoms with Gasteiger partial charge in [0.1, 0.15) is 5.82 Å². The second-order valence-corrected chi connectivity index (χ2v) is 8.64. The summed E-state index contributed by atoms with van der Waals surface area (Å²) in [6.07, 6.45) is 4.35. The molecule has 0 radical (unpaired) electrons. The van der Waals surface area contributed by atoms with Crippen molar-refractivity contribution in [2.24, 2.45) is 0 Å². The Kier molecular flexibility index (Phi) is 5.43. The van der Waals surface area contributed by atoms with Gasteiger partial charge in [-0.25, -0.2) is 4.39 Å². The van der Waals surface area contributed by atoms with Crippen LogP contribution in [-0.4, -0.2) is 23.3 Å². The summed E-state index contributed by atoms with van der Waals surface area (Å²) in [5, 5.41) is 11.4. The first-order valence-electron chi connectivity index (χ1n) is 11.2. The highest BCUT2D eigenvalue weighted by Crippen LogP contribution is 2.43. The SMILES string of the molecule is O=C(C[C@]1(O)C(=O)N(CCCC2=CCc3ccccc32)c2ccccc21)c1ccc(F)cc1. The first-order valence-corrected chi connectivity index (χ1v) is 11.2. The average Bonchev–Trinajstić information content (AvgIpc) is 3.33. The van der Waals surface area contributed by atoms with E-state index in [1.807, 2.05) is 18.2 Å². The van der Waals surface area contributed by atoms with Crippen molar-refractivity contribution in [1.82, 2.24) is 0 Å². The van der Waals surface area contributed by atoms with Gasteiger partial charge in [-0.2, -0.15) is 0 Å². The van der Waals surface area contributed by atoms with Crippen LogP contribution in [0.5, 0.6) is 0 Å². The number of hydrogen-bond acceptors (Lipinski definition) is 3. The van der Waals surface area contributed by atoms with E-state index in [0.717, 1.165) is 19.3 Å². The molecule has 3 aromatic carbocycles. The molecule has 1 aliphatic heterocycles. The lowest BCUT2D eigenvalue weighted by molar-refractivity contribution is -0.135. The monoisotopic (exact) mass is 441 g/mol. The first kappa shape index (κ1) is 21.3. The lowest BCUT2D eigenvalue weighted by Gasteiger charge is -2.23. The Morgan fingerprint density at radius 1 is 1.00 bits per heavy atom. The largest absolute Gasteiger partial charge is 0.375 e. The summed E-state index contributed by atoms with van der Waals surface area (Å²) in [6, 6.07) is 20.6. The van der Waals surface area contributed by atoms with Crippen molar-refractivity contribution >= 4 is 23.0 Å². The number of carbonyl (C=O) groups is 2. The Hall–Kier alpha value is -3.57. The number of para-hydroxylation sites is 1. The van der Waals surface area contributed by atoms with Crippen LogP contribution in [0.15, 0.2) is 78.9 Å². The zero-order valence-corrected chi connectivity index (χ0v) is 18.1. The molecule has 0 fully saturated rings. The van der Waals surface area contributed by atoms with E-state index in [4.69, 9.17) is 0 Å². The predicted molar refractivity (Wildman–Crippen MR) is 125 cm³/mol. The van der Waals surface area contributed by atoms with Crippen LogP contribution in [-0.2, 0) is 16.8 Å². The molecule has 1 amide bonds. The fourth-order valence-corrected chi connectivity index (χ4v) is 4.89. The number of ketones is 1. The fraction of sp³-hybridized carbons (Fsp3) is 0.214. The van der Waals surface area contributed by atoms with Crippen LogP contribution in [0.4, 0.5) is 10.1 Å². The van der Waals surface area contributed by atoms with Crippen LogP contribution in [0, 0.1) is 5.82 Å². The number of halogens is 1. The zero-order valence-electron chi connectivity index (χ0n) is 18.1. The van der Waals surface area contributed by atoms with Gasteiger partial charge < -0.3 is 10.0 Å². The summed E-state index contributed by atoms with van der Waals surface area (Å²) in [5.74, 6) is -1.34. The summed E-state index contributed by atoms with van der Waals surface area (Å²) in [6.45, 7) is 0.447. The fourth-order valence-electron chi connectivity index (χ4n) is 4.89. The third-order valence-electron chi connectivity index (χ3n) is 6.58. The summed E-state index contributed by atoms with van der Waals surface area (Å²) in [7, 11) is 0. The molecule has 166 valence electrons. The highest BCUT2D eigenvalue weighted by Gasteiger charge is 2.50. The highest BCUT2D eigenvalue weighted by molar-refractivity contribution is 6.10. The molecule has 0 unspecified atom stereocenters. The molecule has 3 aromatic rings. The van der Waals surface area contributed by atoms with E-state index in [1.54, 1.807) is 23.1 Å². The zero-order chi connectivity index (χ0) is 23.0. The van der Waals surface area contributed by atoms with Gasteiger partial charge >= 0.3 is 0 Å². The van der Waals surface area contributed by atoms with Gasteiger partial charge in [0.25, 0.3) is 5.91 Å². The van der Waals surface area contributed by atoms with Crippen molar-refractivity contribution in [3.63, 3.8) is 0 Å². The molecule has 33 heavy (non-hydrogen) atoms. The number of hydrogen-bond donors (Lipinski definition) is 1. The van der Waals surface area contributed by atoms with Gasteiger partial charge in [0.05, 0.1) is 12.1 Å². The van der Waals surface area contributed by atoms with Gasteiger partial charge in [0.15, 0.2) is 11.4 Å². The van der Waals surface area contributed by atoms with E-state index < -0.39 is 23.1 Å². The number of allylic oxidation sites excluding steroid dienone is 2. The number of Topliss-reactive ketones (excluding diaryl/α,β-unsaturated/α-hetero) is 1. The van der Waals surface area contributed by atoms with Crippen LogP contribution in [0.1, 0.15) is 46.3 Å². The van der Waals surface area contributed by atoms with Gasteiger partial charge in [0.2, 0.25) is 0 Å². The molecule has 1 aliphatic carbocycles. The molecule has 0 bridgehead atoms. The Morgan fingerprint density at radius 3 is 2.55 bits per heavy atom. The number of rotatable bonds is 7. The van der Waals surface area contributed by atoms with Crippen molar-refractivity contribution in [2.75, 3.05) is 11.4 Å². The molecule has 4 nitrogen and oxygen atoms in total. The van der Waals surface area contributed by atoms with E-state index >= 15 is 0 Å². The number of amides is 1. The molecule has 0 saturated carbocycles. The number of anilines is 1. The Balaban J connectivity index is 1.33. The van der Waals surface area contributed by atoms with Crippen LogP contribution < -0.4 is 4.90 Å². The van der Waals surface area contributed by atoms with E-state index in [2.05, 4.69) is 18.2 Å². The number of benzene rings is 3. The summed E-state index contributed by atoms with van der Waals surface area (Å²) in [4.78, 5) is 27.8. The van der Waals surface area contributed by atoms with Crippen molar-refractivity contribution in [1.29, 1.82) is 0 Å². The third kappa shape index (κ3) is 3.79. The number of carbonyl (C=O) groups excluding carboxylic acids is 2. The Labute approximate surface area is 192 Å². The van der Waals surface area contributed by atoms with Gasteiger partial charge in [-0.15, -0.1) is 0 Å². The van der Waals surface area contributed by atoms with E-state index in [9.17, 15) is 19.1 Å². The topological polar surface area (TPSA) is 57.6 Å². The van der Waals surface area contributed by atoms with E-state index in [0.29, 0.717) is 17.8 Å². The minimum absolute atomic E-state index is 0.264. The molecule has 0 saturated heterocycles. The number of aliphatic hydroxyl groups is 1. The Bertz CT molecular complexity index is 1260. The maximum absolute atomic E-state index is 13.4. The normalized spacial score (nSPS) is 18.8. The highest BCUT2D eigenvalue weighted by atomic mass is 19.1. The minimum atomic E-state index is -1.93. The first-order chi connectivity index (χ1) is 16.0. The van der Waals surface area contributed by atoms with Gasteiger partial charge in [0, 0.05) is 17.7 Å². The molecule has 2 aliphatic rings. The van der Waals surface area contributed by atoms with Gasteiger partial charge in [-0.05, 0) is 66.3 Å². The van der Waals surface area contributed by atoms with Gasteiger partial charge in [-0.3, -0.25) is 9.59 Å². The molecule has 0 spiro atoms. The van der Waals surface area contributed by atoms with Crippen molar-refractivity contribution in [2.45, 2.75) is 31.3 Å². The lowest BCUT2D eigenvalue weighted by atomic mass is 9.88. The van der Waals surface area contributed by atoms with Gasteiger partial charge in [-0.1, -0.05) is 48.5 Å². The van der Waals surface area contributed by atoms with Crippen molar-refractivity contribution < 1.29 is 19.1 Å². The molecular weight excluding hydrogens is 417 g/mol. The molecule has 5 heteroatoms. The Morgan fingerprint density at radius 2 is 1.73 bits per heavy atom. The summed E-state index contributed by atoms with van der Waals surface area (Å²) < 4.78 is 13.2. The maximum Gasteiger partial charge on any atom is 0.264 e. The second kappa shape index (κ2) is 8.41. The minimum Gasteiger partial charge on any atom is -0.375 e. The summed E-state index contributed by atoms with van der Waals surface area (Å²) >= 11 is 0. The standard InChI is InChI=1S/C28H24FNO3/c29-22-15-13-21(14-16-22)26(31)18-28(33)24-9-3-4-10-25(24)30(27(28)32)17-5-7-20-12-11-19-6-1-2-8-23(19)20/h1-4,6,8-10,12-16,33H,5,7,11,17-18H2/t28-/m1/s1. The van der Waals surface area contributed by atoms with Crippen LogP contribution in [0.25, 0.3) is 5.57 Å². The van der Waals surface area contributed by atoms with Crippen LogP contribution in [0.2, 0.25) is 0 Å². The molecule has 1 atom stereocenters. The maximum atomic E-state index is 13.4. The van der Waals surface area contributed by atoms with Crippen LogP contribution in [0.3, 0.4) is 0 Å². The van der Waals surface area contributed by atoms with Crippen molar-refractivity contribution in [3.8, 4) is 0 Å². The number of fused-ring (bicyclic) bond motifs is 2. The smallest absolute Gasteiger partial charge is 0.264 e. The quantitative estimate of drug-likeness (QED) is 0.522. The molecular formula is C28H24FNO3. The molecule has 1 N–H and O–H groups in total. The predicted octanol–water partition coefficient (Wildman–Crippen LogP) is 5.05. The summed E-state index contributed by atoms with van der Waals surface area (Å²) in [5.41, 5.74) is 3.29. The van der Waals surface area contributed by atoms with E-state index in [-0.39, 0.29) is 12.0 Å². The average molecular weight is 442 g/mol. The van der Waals surface area contributed by atoms with Crippen molar-refractivity contribution in [3.05, 3.63) is 107 Å². The van der Waals surface area contributed by atoms with E-state index in [1.165, 1.54) is 41.0 Å². The third-order valence-corrected chi connectivity index (χ3v) is 6.58. The van der Waals surface area contributed by atoms with Crippen LogP contribution >= 0.6 is 0 Å². The molecule has 0 aromatic heterocycles. The second-order valence-electron chi connectivity index (χ2n) is 8.64. The number of nitrogens with zero attached hydrogens (tertiary/aromatic N) is 1. The molecule has 5 rings (SSSR count).